The van der Waals surface area contributed by atoms with E-state index in [1.807, 2.05) is 6.07 Å². The van der Waals surface area contributed by atoms with E-state index in [4.69, 9.17) is 0 Å². The van der Waals surface area contributed by atoms with E-state index in [0.717, 1.165) is 12.0 Å². The number of carbonyl (C=O) groups is 1. The van der Waals surface area contributed by atoms with Crippen molar-refractivity contribution < 1.29 is 18.3 Å². The maximum Gasteiger partial charge on any atom is 0.271 e. The number of hydrogen-bond acceptors (Lipinski definition) is 5. The summed E-state index contributed by atoms with van der Waals surface area (Å²) in [4.78, 5) is 12.6. The number of fused-ring (bicyclic) bond motifs is 1. The normalized spacial score (nSPS) is 15.0. The number of rotatable bonds is 6. The molecule has 1 aliphatic rings. The van der Waals surface area contributed by atoms with Crippen molar-refractivity contribution in [2.45, 2.75) is 31.6 Å². The molecule has 8 heteroatoms. The van der Waals surface area contributed by atoms with Crippen LogP contribution in [0, 0.1) is 0 Å². The van der Waals surface area contributed by atoms with E-state index in [1.54, 1.807) is 26.0 Å². The minimum absolute atomic E-state index is 0.0698. The highest BCUT2D eigenvalue weighted by Gasteiger charge is 2.23. The van der Waals surface area contributed by atoms with Crippen LogP contribution in [0.1, 0.15) is 41.8 Å². The Balaban J connectivity index is 1.82. The standard InChI is InChI=1S/C20H23N3O4S/c1-3-23(4-2)28(26,27)16-9-5-8-15(13-16)20(25)22-21-17-12-11-14-7-6-10-18(24)19(14)17/h5-10,13,24H,3-4,11-12H2,1-2H3,(H,22,25)/b21-17+. The van der Waals surface area contributed by atoms with Gasteiger partial charge >= 0.3 is 0 Å². The van der Waals surface area contributed by atoms with Crippen LogP contribution in [0.2, 0.25) is 0 Å². The van der Waals surface area contributed by atoms with Gasteiger partial charge in [0.15, 0.2) is 0 Å². The van der Waals surface area contributed by atoms with Gasteiger partial charge in [0.1, 0.15) is 5.75 Å². The molecule has 1 amide bonds. The minimum Gasteiger partial charge on any atom is -0.507 e. The number of hydrogen-bond donors (Lipinski definition) is 2. The fraction of sp³-hybridized carbons (Fsp3) is 0.300. The highest BCUT2D eigenvalue weighted by molar-refractivity contribution is 7.89. The molecule has 0 unspecified atom stereocenters. The first-order chi connectivity index (χ1) is 13.4. The lowest BCUT2D eigenvalue weighted by molar-refractivity contribution is 0.0954. The van der Waals surface area contributed by atoms with Crippen molar-refractivity contribution in [1.82, 2.24) is 9.73 Å². The number of aromatic hydroxyl groups is 1. The van der Waals surface area contributed by atoms with E-state index < -0.39 is 15.9 Å². The predicted molar refractivity (Wildman–Crippen MR) is 107 cm³/mol. The quantitative estimate of drug-likeness (QED) is 0.727. The molecule has 3 rings (SSSR count). The highest BCUT2D eigenvalue weighted by Crippen LogP contribution is 2.29. The predicted octanol–water partition coefficient (Wildman–Crippen LogP) is 2.50. The number of hydrazone groups is 1. The van der Waals surface area contributed by atoms with E-state index in [-0.39, 0.29) is 16.2 Å². The number of phenols is 1. The van der Waals surface area contributed by atoms with Crippen LogP contribution in [0.15, 0.2) is 52.5 Å². The smallest absolute Gasteiger partial charge is 0.271 e. The molecule has 2 aromatic carbocycles. The Hall–Kier alpha value is -2.71. The van der Waals surface area contributed by atoms with E-state index in [2.05, 4.69) is 10.5 Å². The number of phenolic OH excluding ortho intramolecular Hbond substituents is 1. The average molecular weight is 401 g/mol. The third kappa shape index (κ3) is 3.79. The second-order valence-corrected chi connectivity index (χ2v) is 8.37. The number of benzene rings is 2. The molecule has 0 radical (unpaired) electrons. The maximum atomic E-state index is 12.6. The number of aryl methyl sites for hydroxylation is 1. The van der Waals surface area contributed by atoms with Crippen LogP contribution in [0.3, 0.4) is 0 Å². The Bertz CT molecular complexity index is 1030. The molecule has 0 heterocycles. The van der Waals surface area contributed by atoms with Crippen LogP contribution in [0.5, 0.6) is 5.75 Å². The minimum atomic E-state index is -3.65. The van der Waals surface area contributed by atoms with Crippen LogP contribution >= 0.6 is 0 Å². The summed E-state index contributed by atoms with van der Waals surface area (Å²) in [6.07, 6.45) is 1.36. The highest BCUT2D eigenvalue weighted by atomic mass is 32.2. The van der Waals surface area contributed by atoms with Crippen LogP contribution in [-0.4, -0.2) is 42.5 Å². The molecule has 0 spiro atoms. The lowest BCUT2D eigenvalue weighted by Crippen LogP contribution is -2.30. The van der Waals surface area contributed by atoms with Gasteiger partial charge in [0.2, 0.25) is 10.0 Å². The van der Waals surface area contributed by atoms with E-state index in [1.165, 1.54) is 28.6 Å². The number of sulfonamides is 1. The molecule has 2 N–H and O–H groups in total. The van der Waals surface area contributed by atoms with Crippen molar-refractivity contribution in [3.8, 4) is 5.75 Å². The first-order valence-corrected chi connectivity index (χ1v) is 10.6. The van der Waals surface area contributed by atoms with E-state index in [0.29, 0.717) is 30.8 Å². The summed E-state index contributed by atoms with van der Waals surface area (Å²) in [5.41, 5.74) is 4.92. The monoisotopic (exact) mass is 401 g/mol. The summed E-state index contributed by atoms with van der Waals surface area (Å²) in [7, 11) is -3.65. The Morgan fingerprint density at radius 1 is 1.14 bits per heavy atom. The topological polar surface area (TPSA) is 99.1 Å². The second kappa shape index (κ2) is 8.12. The van der Waals surface area contributed by atoms with Crippen molar-refractivity contribution in [3.05, 3.63) is 59.2 Å². The third-order valence-electron chi connectivity index (χ3n) is 4.78. The Morgan fingerprint density at radius 2 is 1.86 bits per heavy atom. The van der Waals surface area contributed by atoms with Crippen LogP contribution < -0.4 is 5.43 Å². The molecule has 148 valence electrons. The van der Waals surface area contributed by atoms with Crippen LogP contribution in [0.4, 0.5) is 0 Å². The number of nitrogens with zero attached hydrogens (tertiary/aromatic N) is 2. The van der Waals surface area contributed by atoms with Gasteiger partial charge in [0, 0.05) is 24.2 Å². The van der Waals surface area contributed by atoms with Crippen LogP contribution in [-0.2, 0) is 16.4 Å². The molecule has 0 aliphatic heterocycles. The third-order valence-corrected chi connectivity index (χ3v) is 6.83. The second-order valence-electron chi connectivity index (χ2n) is 6.43. The Labute approximate surface area is 164 Å². The summed E-state index contributed by atoms with van der Waals surface area (Å²) in [6.45, 7) is 4.24. The summed E-state index contributed by atoms with van der Waals surface area (Å²) in [5.74, 6) is -0.372. The zero-order chi connectivity index (χ0) is 20.3. The van der Waals surface area contributed by atoms with E-state index >= 15 is 0 Å². The fourth-order valence-electron chi connectivity index (χ4n) is 3.31. The van der Waals surface area contributed by atoms with Gasteiger partial charge in [-0.05, 0) is 42.7 Å². The van der Waals surface area contributed by atoms with Gasteiger partial charge in [-0.25, -0.2) is 13.8 Å². The number of amides is 1. The van der Waals surface area contributed by atoms with Crippen molar-refractivity contribution in [1.29, 1.82) is 0 Å². The maximum absolute atomic E-state index is 12.6. The van der Waals surface area contributed by atoms with Gasteiger partial charge in [0.05, 0.1) is 10.6 Å². The van der Waals surface area contributed by atoms with Crippen LogP contribution in [0.25, 0.3) is 0 Å². The van der Waals surface area contributed by atoms with Crippen molar-refractivity contribution in [2.75, 3.05) is 13.1 Å². The van der Waals surface area contributed by atoms with Gasteiger partial charge < -0.3 is 5.11 Å². The molecular formula is C20H23N3O4S. The first kappa shape index (κ1) is 20.0. The molecule has 0 bridgehead atoms. The largest absolute Gasteiger partial charge is 0.507 e. The van der Waals surface area contributed by atoms with Crippen molar-refractivity contribution in [2.24, 2.45) is 5.10 Å². The number of carbonyl (C=O) groups excluding carboxylic acids is 1. The van der Waals surface area contributed by atoms with Gasteiger partial charge in [0.25, 0.3) is 5.91 Å². The lowest BCUT2D eigenvalue weighted by Gasteiger charge is -2.18. The van der Waals surface area contributed by atoms with Crippen molar-refractivity contribution >= 4 is 21.6 Å². The molecule has 0 fully saturated rings. The lowest BCUT2D eigenvalue weighted by atomic mass is 10.1. The Morgan fingerprint density at radius 3 is 2.57 bits per heavy atom. The molecule has 0 aromatic heterocycles. The molecular weight excluding hydrogens is 378 g/mol. The average Bonchev–Trinajstić information content (AvgIpc) is 3.11. The summed E-state index contributed by atoms with van der Waals surface area (Å²) < 4.78 is 26.6. The molecule has 0 saturated carbocycles. The SMILES string of the molecule is CCN(CC)S(=O)(=O)c1cccc(C(=O)N/N=C2\CCc3cccc(O)c32)c1. The van der Waals surface area contributed by atoms with Gasteiger partial charge in [-0.1, -0.05) is 32.0 Å². The summed E-state index contributed by atoms with van der Waals surface area (Å²) >= 11 is 0. The summed E-state index contributed by atoms with van der Waals surface area (Å²) in [5, 5.41) is 14.2. The van der Waals surface area contributed by atoms with Gasteiger partial charge in [-0.3, -0.25) is 4.79 Å². The first-order valence-electron chi connectivity index (χ1n) is 9.16. The summed E-state index contributed by atoms with van der Waals surface area (Å²) in [6, 6.07) is 11.2. The molecule has 7 nitrogen and oxygen atoms in total. The molecule has 28 heavy (non-hydrogen) atoms. The zero-order valence-corrected chi connectivity index (χ0v) is 16.7. The van der Waals surface area contributed by atoms with E-state index in [9.17, 15) is 18.3 Å². The zero-order valence-electron chi connectivity index (χ0n) is 15.8. The van der Waals surface area contributed by atoms with Gasteiger partial charge in [-0.15, -0.1) is 0 Å². The molecule has 0 atom stereocenters. The molecule has 2 aromatic rings. The fourth-order valence-corrected chi connectivity index (χ4v) is 4.82. The Kier molecular flexibility index (Phi) is 5.81. The molecule has 1 aliphatic carbocycles. The number of nitrogens with one attached hydrogen (secondary N) is 1. The molecule has 0 saturated heterocycles. The van der Waals surface area contributed by atoms with Crippen molar-refractivity contribution in [3.63, 3.8) is 0 Å². The van der Waals surface area contributed by atoms with Gasteiger partial charge in [-0.2, -0.15) is 9.41 Å².